The summed E-state index contributed by atoms with van der Waals surface area (Å²) in [5.41, 5.74) is 10.00. The average Bonchev–Trinajstić information content (AvgIpc) is 1.83. The molecule has 0 bridgehead atoms. The van der Waals surface area contributed by atoms with Crippen LogP contribution in [-0.2, 0) is 4.74 Å². The summed E-state index contributed by atoms with van der Waals surface area (Å²) in [6.45, 7) is 0.231. The van der Waals surface area contributed by atoms with Crippen LogP contribution < -0.4 is 11.5 Å². The fraction of sp³-hybridized carbons (Fsp3) is 0.750. The zero-order chi connectivity index (χ0) is 7.28. The van der Waals surface area contributed by atoms with E-state index >= 15 is 0 Å². The van der Waals surface area contributed by atoms with E-state index in [1.54, 1.807) is 0 Å². The fourth-order valence-electron chi connectivity index (χ4n) is 0.246. The van der Waals surface area contributed by atoms with Crippen molar-refractivity contribution in [1.82, 2.24) is 0 Å². The predicted octanol–water partition coefficient (Wildman–Crippen LogP) is -2.08. The van der Waals surface area contributed by atoms with E-state index in [0.717, 1.165) is 0 Å². The molecule has 0 saturated heterocycles. The monoisotopic (exact) mass is 174 g/mol. The van der Waals surface area contributed by atoms with Gasteiger partial charge in [-0.25, -0.2) is 0 Å². The van der Waals surface area contributed by atoms with Crippen molar-refractivity contribution in [3.63, 3.8) is 0 Å². The van der Waals surface area contributed by atoms with Gasteiger partial charge in [0, 0.05) is 6.54 Å². The van der Waals surface area contributed by atoms with Crippen LogP contribution in [0.25, 0.3) is 0 Å². The first-order valence-corrected chi connectivity index (χ1v) is 2.88. The van der Waals surface area contributed by atoms with Gasteiger partial charge in [-0.1, -0.05) is 0 Å². The molecule has 0 aromatic carbocycles. The number of hydrogen-bond acceptors (Lipinski definition) is 4. The molecule has 0 aromatic heterocycles. The van der Waals surface area contributed by atoms with E-state index < -0.39 is 6.10 Å². The molecule has 0 aromatic rings. The van der Waals surface area contributed by atoms with Gasteiger partial charge in [0.1, 0.15) is 12.7 Å². The molecule has 0 amide bonds. The summed E-state index contributed by atoms with van der Waals surface area (Å²) in [5.74, 6) is 0. The number of ether oxygens (including phenoxy) is 1. The second kappa shape index (κ2) is 7.71. The SMILES string of the molecule is NCC(O)COC(N)=S.[NaH]. The topological polar surface area (TPSA) is 81.5 Å². The summed E-state index contributed by atoms with van der Waals surface area (Å²) in [6, 6.07) is 0. The van der Waals surface area contributed by atoms with E-state index in [0.29, 0.717) is 0 Å². The van der Waals surface area contributed by atoms with Crippen LogP contribution in [0.5, 0.6) is 0 Å². The van der Waals surface area contributed by atoms with Gasteiger partial charge in [-0.15, -0.1) is 0 Å². The Morgan fingerprint density at radius 1 is 1.70 bits per heavy atom. The minimum atomic E-state index is -0.675. The Balaban J connectivity index is 0. The first-order chi connectivity index (χ1) is 4.16. The number of thiocarbonyl (C=S) groups is 1. The Morgan fingerprint density at radius 2 is 2.20 bits per heavy atom. The standard InChI is InChI=1S/C4H10N2O2S.Na.H/c5-1-3(7)2-8-4(6)9;;/h3,7H,1-2,5H2,(H2,6,9);;. The molecule has 0 heterocycles. The summed E-state index contributed by atoms with van der Waals surface area (Å²) in [4.78, 5) is 0. The van der Waals surface area contributed by atoms with Gasteiger partial charge in [0.05, 0.1) is 0 Å². The van der Waals surface area contributed by atoms with Crippen molar-refractivity contribution in [3.05, 3.63) is 0 Å². The average molecular weight is 174 g/mol. The van der Waals surface area contributed by atoms with Crippen molar-refractivity contribution in [2.24, 2.45) is 11.5 Å². The van der Waals surface area contributed by atoms with Gasteiger partial charge in [-0.2, -0.15) is 0 Å². The first kappa shape index (κ1) is 13.2. The molecule has 5 N–H and O–H groups in total. The number of hydrogen-bond donors (Lipinski definition) is 3. The van der Waals surface area contributed by atoms with Gasteiger partial charge in [0.25, 0.3) is 5.17 Å². The van der Waals surface area contributed by atoms with Crippen molar-refractivity contribution in [3.8, 4) is 0 Å². The number of aliphatic hydroxyl groups excluding tert-OH is 1. The number of aliphatic hydroxyl groups is 1. The van der Waals surface area contributed by atoms with Gasteiger partial charge >= 0.3 is 29.6 Å². The maximum atomic E-state index is 8.74. The maximum absolute atomic E-state index is 8.74. The van der Waals surface area contributed by atoms with Crippen molar-refractivity contribution < 1.29 is 9.84 Å². The third kappa shape index (κ3) is 8.61. The Hall–Kier alpha value is 0.610. The van der Waals surface area contributed by atoms with Gasteiger partial charge in [0.2, 0.25) is 0 Å². The summed E-state index contributed by atoms with van der Waals surface area (Å²) >= 11 is 4.37. The molecule has 56 valence electrons. The molecule has 0 saturated carbocycles. The van der Waals surface area contributed by atoms with Crippen LogP contribution in [0.4, 0.5) is 0 Å². The van der Waals surface area contributed by atoms with Crippen LogP contribution in [0.3, 0.4) is 0 Å². The molecule has 0 rings (SSSR count). The van der Waals surface area contributed by atoms with Crippen molar-refractivity contribution in [1.29, 1.82) is 0 Å². The van der Waals surface area contributed by atoms with Crippen LogP contribution in [0.15, 0.2) is 0 Å². The molecular weight excluding hydrogens is 163 g/mol. The normalized spacial score (nSPS) is 11.4. The minimum absolute atomic E-state index is 0. The molecule has 0 fully saturated rings. The molecule has 4 nitrogen and oxygen atoms in total. The quantitative estimate of drug-likeness (QED) is 0.338. The van der Waals surface area contributed by atoms with E-state index in [2.05, 4.69) is 17.0 Å². The Labute approximate surface area is 87.2 Å². The van der Waals surface area contributed by atoms with Gasteiger partial charge in [-0.05, 0) is 12.2 Å². The van der Waals surface area contributed by atoms with Crippen LogP contribution in [0, 0.1) is 0 Å². The van der Waals surface area contributed by atoms with Crippen LogP contribution in [-0.4, -0.2) is 59.1 Å². The zero-order valence-corrected chi connectivity index (χ0v) is 5.73. The van der Waals surface area contributed by atoms with Gasteiger partial charge in [0.15, 0.2) is 0 Å². The Bertz CT molecular complexity index is 103. The van der Waals surface area contributed by atoms with E-state index in [9.17, 15) is 0 Å². The van der Waals surface area contributed by atoms with E-state index in [1.807, 2.05) is 0 Å². The molecule has 1 atom stereocenters. The first-order valence-electron chi connectivity index (χ1n) is 2.47. The summed E-state index contributed by atoms with van der Waals surface area (Å²) in [6.07, 6.45) is -0.675. The van der Waals surface area contributed by atoms with Crippen molar-refractivity contribution in [2.75, 3.05) is 13.2 Å². The molecule has 0 aliphatic heterocycles. The Kier molecular flexibility index (Phi) is 10.2. The van der Waals surface area contributed by atoms with E-state index in [4.69, 9.17) is 16.6 Å². The second-order valence-electron chi connectivity index (χ2n) is 1.52. The van der Waals surface area contributed by atoms with Gasteiger partial charge in [-0.3, -0.25) is 0 Å². The molecule has 1 unspecified atom stereocenters. The molecule has 6 heteroatoms. The third-order valence-corrected chi connectivity index (χ3v) is 0.808. The molecule has 0 aliphatic rings. The van der Waals surface area contributed by atoms with Crippen LogP contribution in [0.2, 0.25) is 0 Å². The summed E-state index contributed by atoms with van der Waals surface area (Å²) in [5, 5.41) is 8.67. The molecule has 10 heavy (non-hydrogen) atoms. The van der Waals surface area contributed by atoms with Gasteiger partial charge < -0.3 is 21.3 Å². The second-order valence-corrected chi connectivity index (χ2v) is 1.92. The Morgan fingerprint density at radius 3 is 2.50 bits per heavy atom. The van der Waals surface area contributed by atoms with Crippen molar-refractivity contribution >= 4 is 46.9 Å². The van der Waals surface area contributed by atoms with Crippen LogP contribution >= 0.6 is 12.2 Å². The number of nitrogens with two attached hydrogens (primary N) is 2. The molecule has 0 aliphatic carbocycles. The van der Waals surface area contributed by atoms with Crippen molar-refractivity contribution in [2.45, 2.75) is 6.10 Å². The zero-order valence-electron chi connectivity index (χ0n) is 4.91. The summed E-state index contributed by atoms with van der Waals surface area (Å²) in [7, 11) is 0. The predicted molar refractivity (Wildman–Crippen MR) is 44.9 cm³/mol. The summed E-state index contributed by atoms with van der Waals surface area (Å²) < 4.78 is 4.57. The van der Waals surface area contributed by atoms with Crippen LogP contribution in [0.1, 0.15) is 0 Å². The molecule has 0 radical (unpaired) electrons. The number of rotatable bonds is 3. The van der Waals surface area contributed by atoms with E-state index in [1.165, 1.54) is 0 Å². The third-order valence-electron chi connectivity index (χ3n) is 0.690. The van der Waals surface area contributed by atoms with E-state index in [-0.39, 0.29) is 47.9 Å². The fourth-order valence-corrected chi connectivity index (χ4v) is 0.314. The molecular formula is C4H11N2NaO2S. The molecule has 0 spiro atoms.